The molecule has 3 aromatic rings. The van der Waals surface area contributed by atoms with Crippen molar-refractivity contribution in [3.05, 3.63) is 70.0 Å². The Kier molecular flexibility index (Phi) is 4.46. The van der Waals surface area contributed by atoms with Crippen molar-refractivity contribution in [1.82, 2.24) is 14.8 Å². The molecule has 132 valence electrons. The van der Waals surface area contributed by atoms with Crippen LogP contribution in [0.1, 0.15) is 29.2 Å². The Morgan fingerprint density at radius 2 is 2.08 bits per heavy atom. The molecule has 4 rings (SSSR count). The summed E-state index contributed by atoms with van der Waals surface area (Å²) in [7, 11) is 0. The fraction of sp³-hybridized carbons (Fsp3) is 0.211. The van der Waals surface area contributed by atoms with E-state index in [2.05, 4.69) is 62.5 Å². The highest BCUT2D eigenvalue weighted by Gasteiger charge is 2.28. The van der Waals surface area contributed by atoms with Gasteiger partial charge < -0.3 is 4.74 Å². The predicted octanol–water partition coefficient (Wildman–Crippen LogP) is 3.86. The summed E-state index contributed by atoms with van der Waals surface area (Å²) in [6.07, 6.45) is 1.77. The number of anilines is 1. The summed E-state index contributed by atoms with van der Waals surface area (Å²) in [4.78, 5) is 16.0. The molecule has 26 heavy (non-hydrogen) atoms. The number of nitrogens with one attached hydrogen (secondary N) is 1. The number of amides is 1. The van der Waals surface area contributed by atoms with Gasteiger partial charge >= 0.3 is 0 Å². The molecule has 0 aliphatic carbocycles. The van der Waals surface area contributed by atoms with E-state index in [0.29, 0.717) is 19.0 Å². The molecule has 1 N–H and O–H groups in total. The average Bonchev–Trinajstić information content (AvgIpc) is 3.09. The van der Waals surface area contributed by atoms with Crippen molar-refractivity contribution in [3.63, 3.8) is 0 Å². The molecule has 1 amide bonds. The summed E-state index contributed by atoms with van der Waals surface area (Å²) in [5.41, 5.74) is 3.31. The zero-order chi connectivity index (χ0) is 18.1. The molecular formula is C19H17BrN4O2. The molecule has 0 spiro atoms. The monoisotopic (exact) mass is 412 g/mol. The first kappa shape index (κ1) is 16.8. The molecule has 0 bridgehead atoms. The fourth-order valence-corrected chi connectivity index (χ4v) is 3.46. The summed E-state index contributed by atoms with van der Waals surface area (Å²) in [6.45, 7) is 2.56. The third-order valence-electron chi connectivity index (χ3n) is 4.35. The smallest absolute Gasteiger partial charge is 0.229 e. The van der Waals surface area contributed by atoms with E-state index in [1.165, 1.54) is 11.9 Å². The van der Waals surface area contributed by atoms with Gasteiger partial charge in [0, 0.05) is 0 Å². The molecule has 0 saturated carbocycles. The number of ether oxygens (including phenoxy) is 1. The molecule has 0 fully saturated rings. The maximum absolute atomic E-state index is 11.9. The molecule has 2 heterocycles. The van der Waals surface area contributed by atoms with Crippen LogP contribution < -0.4 is 10.1 Å². The summed E-state index contributed by atoms with van der Waals surface area (Å²) in [5, 5.41) is 6.95. The minimum Gasteiger partial charge on any atom is -0.488 e. The van der Waals surface area contributed by atoms with E-state index in [9.17, 15) is 4.79 Å². The van der Waals surface area contributed by atoms with E-state index >= 15 is 0 Å². The minimum atomic E-state index is -0.177. The molecule has 1 aromatic heterocycles. The van der Waals surface area contributed by atoms with Gasteiger partial charge in [0.05, 0.1) is 16.9 Å². The number of hydrogen-bond acceptors (Lipinski definition) is 4. The molecule has 2 aromatic carbocycles. The third-order valence-corrected chi connectivity index (χ3v) is 4.97. The van der Waals surface area contributed by atoms with Gasteiger partial charge in [-0.2, -0.15) is 10.1 Å². The van der Waals surface area contributed by atoms with Crippen molar-refractivity contribution in [3.8, 4) is 5.75 Å². The van der Waals surface area contributed by atoms with Crippen molar-refractivity contribution in [2.45, 2.75) is 26.0 Å². The summed E-state index contributed by atoms with van der Waals surface area (Å²) >= 11 is 3.57. The molecule has 0 unspecified atom stereocenters. The molecule has 1 aliphatic heterocycles. The number of carbonyl (C=O) groups is 1. The van der Waals surface area contributed by atoms with Gasteiger partial charge in [0.1, 0.15) is 18.7 Å². The lowest BCUT2D eigenvalue weighted by Gasteiger charge is -2.24. The zero-order valence-electron chi connectivity index (χ0n) is 14.1. The fourth-order valence-electron chi connectivity index (χ4n) is 2.95. The number of benzene rings is 2. The van der Waals surface area contributed by atoms with Gasteiger partial charge in [0.15, 0.2) is 0 Å². The standard InChI is InChI=1S/C19H17BrN4O2/c1-12-2-4-13(5-3-12)10-26-17-7-6-14(8-15(17)20)16-9-18(25)23-19-21-11-22-24(16)19/h2-8,11,16H,9-10H2,1H3,(H,21,22,23,25)/t16-/m1/s1. The lowest BCUT2D eigenvalue weighted by Crippen LogP contribution is -2.29. The molecule has 0 radical (unpaired) electrons. The highest BCUT2D eigenvalue weighted by molar-refractivity contribution is 9.10. The molecule has 1 atom stereocenters. The minimum absolute atomic E-state index is 0.0636. The van der Waals surface area contributed by atoms with Gasteiger partial charge in [-0.25, -0.2) is 4.68 Å². The first-order valence-electron chi connectivity index (χ1n) is 8.27. The lowest BCUT2D eigenvalue weighted by molar-refractivity contribution is -0.117. The lowest BCUT2D eigenvalue weighted by atomic mass is 10.0. The summed E-state index contributed by atoms with van der Waals surface area (Å²) in [5.74, 6) is 1.17. The summed E-state index contributed by atoms with van der Waals surface area (Å²) in [6, 6.07) is 13.9. The Labute approximate surface area is 159 Å². The van der Waals surface area contributed by atoms with Gasteiger partial charge in [-0.05, 0) is 46.1 Å². The first-order chi connectivity index (χ1) is 12.6. The average molecular weight is 413 g/mol. The van der Waals surface area contributed by atoms with Crippen LogP contribution in [0, 0.1) is 6.92 Å². The number of halogens is 1. The van der Waals surface area contributed by atoms with Gasteiger partial charge in [-0.1, -0.05) is 35.9 Å². The maximum atomic E-state index is 11.9. The molecule has 6 nitrogen and oxygen atoms in total. The molecule has 1 aliphatic rings. The van der Waals surface area contributed by atoms with Crippen LogP contribution in [0.25, 0.3) is 0 Å². The zero-order valence-corrected chi connectivity index (χ0v) is 15.7. The van der Waals surface area contributed by atoms with Crippen LogP contribution in [0.2, 0.25) is 0 Å². The Balaban J connectivity index is 1.53. The second-order valence-corrected chi connectivity index (χ2v) is 7.11. The number of fused-ring (bicyclic) bond motifs is 1. The number of aromatic nitrogens is 3. The first-order valence-corrected chi connectivity index (χ1v) is 9.06. The predicted molar refractivity (Wildman–Crippen MR) is 101 cm³/mol. The van der Waals surface area contributed by atoms with Crippen LogP contribution in [0.3, 0.4) is 0 Å². The molecular weight excluding hydrogens is 396 g/mol. The highest BCUT2D eigenvalue weighted by atomic mass is 79.9. The highest BCUT2D eigenvalue weighted by Crippen LogP contribution is 2.33. The van der Waals surface area contributed by atoms with Gasteiger partial charge in [0.2, 0.25) is 11.9 Å². The quantitative estimate of drug-likeness (QED) is 0.706. The topological polar surface area (TPSA) is 69.0 Å². The summed E-state index contributed by atoms with van der Waals surface area (Å²) < 4.78 is 8.49. The van der Waals surface area contributed by atoms with E-state index in [1.54, 1.807) is 4.68 Å². The van der Waals surface area contributed by atoms with Crippen LogP contribution in [0.5, 0.6) is 5.75 Å². The second kappa shape index (κ2) is 6.92. The van der Waals surface area contributed by atoms with Gasteiger partial charge in [-0.15, -0.1) is 0 Å². The van der Waals surface area contributed by atoms with Crippen molar-refractivity contribution >= 4 is 27.8 Å². The SMILES string of the molecule is Cc1ccc(COc2ccc([C@H]3CC(=O)Nc4ncnn43)cc2Br)cc1. The van der Waals surface area contributed by atoms with E-state index in [0.717, 1.165) is 21.3 Å². The van der Waals surface area contributed by atoms with Crippen LogP contribution in [-0.4, -0.2) is 20.7 Å². The van der Waals surface area contributed by atoms with E-state index in [4.69, 9.17) is 4.74 Å². The number of nitrogens with zero attached hydrogens (tertiary/aromatic N) is 3. The van der Waals surface area contributed by atoms with Crippen molar-refractivity contribution < 1.29 is 9.53 Å². The van der Waals surface area contributed by atoms with Crippen molar-refractivity contribution in [2.24, 2.45) is 0 Å². The number of hydrogen-bond donors (Lipinski definition) is 1. The Morgan fingerprint density at radius 1 is 1.27 bits per heavy atom. The largest absolute Gasteiger partial charge is 0.488 e. The third kappa shape index (κ3) is 3.35. The van der Waals surface area contributed by atoms with Crippen LogP contribution in [0.4, 0.5) is 5.95 Å². The Hall–Kier alpha value is -2.67. The molecule has 7 heteroatoms. The van der Waals surface area contributed by atoms with E-state index < -0.39 is 0 Å². The maximum Gasteiger partial charge on any atom is 0.229 e. The van der Waals surface area contributed by atoms with Crippen molar-refractivity contribution in [1.29, 1.82) is 0 Å². The van der Waals surface area contributed by atoms with Crippen LogP contribution >= 0.6 is 15.9 Å². The number of rotatable bonds is 4. The van der Waals surface area contributed by atoms with Crippen LogP contribution in [-0.2, 0) is 11.4 Å². The normalized spacial score (nSPS) is 16.1. The van der Waals surface area contributed by atoms with E-state index in [1.807, 2.05) is 18.2 Å². The van der Waals surface area contributed by atoms with Gasteiger partial charge in [-0.3, -0.25) is 10.1 Å². The number of carbonyl (C=O) groups excluding carboxylic acids is 1. The number of aryl methyl sites for hydroxylation is 1. The van der Waals surface area contributed by atoms with Gasteiger partial charge in [0.25, 0.3) is 0 Å². The Morgan fingerprint density at radius 3 is 2.85 bits per heavy atom. The second-order valence-electron chi connectivity index (χ2n) is 6.26. The van der Waals surface area contributed by atoms with E-state index in [-0.39, 0.29) is 11.9 Å². The van der Waals surface area contributed by atoms with Crippen LogP contribution in [0.15, 0.2) is 53.3 Å². The Bertz CT molecular complexity index is 952. The molecule has 0 saturated heterocycles. The van der Waals surface area contributed by atoms with Crippen molar-refractivity contribution in [2.75, 3.05) is 5.32 Å².